The van der Waals surface area contributed by atoms with Crippen LogP contribution in [0.25, 0.3) is 0 Å². The molecule has 1 aromatic carbocycles. The minimum Gasteiger partial charge on any atom is -0.496 e. The van der Waals surface area contributed by atoms with Gasteiger partial charge in [0.25, 0.3) is 5.91 Å². The van der Waals surface area contributed by atoms with Gasteiger partial charge in [-0.05, 0) is 31.2 Å². The van der Waals surface area contributed by atoms with Gasteiger partial charge < -0.3 is 19.7 Å². The molecule has 1 aliphatic rings. The number of methoxy groups -OCH3 is 1. The van der Waals surface area contributed by atoms with Crippen LogP contribution in [0.1, 0.15) is 27.8 Å². The smallest absolute Gasteiger partial charge is 0.257 e. The minimum absolute atomic E-state index is 0.0488. The predicted molar refractivity (Wildman–Crippen MR) is 96.1 cm³/mol. The van der Waals surface area contributed by atoms with Crippen LogP contribution < -0.4 is 10.1 Å². The molecule has 0 bridgehead atoms. The zero-order valence-electron chi connectivity index (χ0n) is 14.8. The van der Waals surface area contributed by atoms with Gasteiger partial charge >= 0.3 is 0 Å². The summed E-state index contributed by atoms with van der Waals surface area (Å²) in [5, 5.41) is 3.13. The summed E-state index contributed by atoms with van der Waals surface area (Å²) in [5.41, 5.74) is 3.30. The molecule has 132 valence electrons. The summed E-state index contributed by atoms with van der Waals surface area (Å²) < 4.78 is 11.2. The maximum absolute atomic E-state index is 12.9. The quantitative estimate of drug-likeness (QED) is 0.926. The number of ether oxygens (including phenoxy) is 2. The molecule has 1 atom stereocenters. The van der Waals surface area contributed by atoms with E-state index in [4.69, 9.17) is 9.47 Å². The molecular formula is C19H23N3O3. The predicted octanol–water partition coefficient (Wildman–Crippen LogP) is 2.65. The molecule has 2 aromatic rings. The van der Waals surface area contributed by atoms with E-state index < -0.39 is 0 Å². The number of nitrogens with zero attached hydrogens (tertiary/aromatic N) is 2. The highest BCUT2D eigenvalue weighted by Crippen LogP contribution is 2.26. The summed E-state index contributed by atoms with van der Waals surface area (Å²) >= 11 is 0. The van der Waals surface area contributed by atoms with Crippen molar-refractivity contribution in [2.45, 2.75) is 13.0 Å². The number of aryl methyl sites for hydroxylation is 1. The first-order valence-electron chi connectivity index (χ1n) is 8.32. The normalized spacial score (nSPS) is 17.2. The molecule has 1 aromatic heterocycles. The number of amides is 1. The SMILES string of the molecule is CNc1cc(C)nc([C@@H]2CN(C(=O)c3ccccc3OC)CCO2)c1. The first-order valence-corrected chi connectivity index (χ1v) is 8.32. The first kappa shape index (κ1) is 17.2. The van der Waals surface area contributed by atoms with E-state index >= 15 is 0 Å². The number of morpholine rings is 1. The standard InChI is InChI=1S/C19H23N3O3/c1-13-10-14(20-2)11-16(21-13)18-12-22(8-9-25-18)19(23)15-6-4-5-7-17(15)24-3/h4-7,10-11,18H,8-9,12H2,1-3H3,(H,20,21)/t18-/m0/s1. The van der Waals surface area contributed by atoms with Crippen LogP contribution in [0.3, 0.4) is 0 Å². The van der Waals surface area contributed by atoms with Gasteiger partial charge in [0.05, 0.1) is 31.5 Å². The Kier molecular flexibility index (Phi) is 5.19. The number of anilines is 1. The number of nitrogens with one attached hydrogen (secondary N) is 1. The van der Waals surface area contributed by atoms with Crippen LogP contribution in [0.4, 0.5) is 5.69 Å². The fourth-order valence-corrected chi connectivity index (χ4v) is 3.01. The molecule has 1 fully saturated rings. The van der Waals surface area contributed by atoms with Crippen molar-refractivity contribution in [1.29, 1.82) is 0 Å². The maximum Gasteiger partial charge on any atom is 0.257 e. The summed E-state index contributed by atoms with van der Waals surface area (Å²) in [7, 11) is 3.45. The third kappa shape index (κ3) is 3.74. The summed E-state index contributed by atoms with van der Waals surface area (Å²) in [5.74, 6) is 0.536. The van der Waals surface area contributed by atoms with E-state index in [9.17, 15) is 4.79 Å². The van der Waals surface area contributed by atoms with Crippen molar-refractivity contribution < 1.29 is 14.3 Å². The largest absolute Gasteiger partial charge is 0.496 e. The second-order valence-electron chi connectivity index (χ2n) is 5.98. The van der Waals surface area contributed by atoms with E-state index in [-0.39, 0.29) is 12.0 Å². The van der Waals surface area contributed by atoms with Crippen LogP contribution in [0, 0.1) is 6.92 Å². The number of hydrogen-bond acceptors (Lipinski definition) is 5. The lowest BCUT2D eigenvalue weighted by Gasteiger charge is -2.33. The lowest BCUT2D eigenvalue weighted by Crippen LogP contribution is -2.42. The maximum atomic E-state index is 12.9. The van der Waals surface area contributed by atoms with Gasteiger partial charge in [0.1, 0.15) is 11.9 Å². The van der Waals surface area contributed by atoms with Gasteiger partial charge in [-0.2, -0.15) is 0 Å². The van der Waals surface area contributed by atoms with E-state index in [1.54, 1.807) is 24.1 Å². The molecule has 1 saturated heterocycles. The van der Waals surface area contributed by atoms with Crippen LogP contribution >= 0.6 is 0 Å². The topological polar surface area (TPSA) is 63.7 Å². The Hall–Kier alpha value is -2.60. The Morgan fingerprint density at radius 1 is 1.36 bits per heavy atom. The number of benzene rings is 1. The Balaban J connectivity index is 1.81. The molecule has 6 nitrogen and oxygen atoms in total. The van der Waals surface area contributed by atoms with Gasteiger partial charge in [-0.15, -0.1) is 0 Å². The van der Waals surface area contributed by atoms with Crippen LogP contribution in [-0.4, -0.2) is 49.6 Å². The zero-order chi connectivity index (χ0) is 17.8. The molecule has 1 N–H and O–H groups in total. The van der Waals surface area contributed by atoms with Crippen LogP contribution in [-0.2, 0) is 4.74 Å². The van der Waals surface area contributed by atoms with Crippen molar-refractivity contribution in [3.63, 3.8) is 0 Å². The molecule has 6 heteroatoms. The van der Waals surface area contributed by atoms with E-state index in [0.717, 1.165) is 17.1 Å². The number of aromatic nitrogens is 1. The first-order chi connectivity index (χ1) is 12.1. The van der Waals surface area contributed by atoms with Crippen LogP contribution in [0.15, 0.2) is 36.4 Å². The molecular weight excluding hydrogens is 318 g/mol. The zero-order valence-corrected chi connectivity index (χ0v) is 14.8. The number of carbonyl (C=O) groups is 1. The Morgan fingerprint density at radius 3 is 2.92 bits per heavy atom. The van der Waals surface area contributed by atoms with Gasteiger partial charge in [0.15, 0.2) is 0 Å². The van der Waals surface area contributed by atoms with E-state index in [1.165, 1.54) is 0 Å². The molecule has 0 saturated carbocycles. The number of carbonyl (C=O) groups excluding carboxylic acids is 1. The molecule has 0 radical (unpaired) electrons. The highest BCUT2D eigenvalue weighted by Gasteiger charge is 2.28. The van der Waals surface area contributed by atoms with Gasteiger partial charge in [-0.3, -0.25) is 9.78 Å². The fourth-order valence-electron chi connectivity index (χ4n) is 3.01. The summed E-state index contributed by atoms with van der Waals surface area (Å²) in [6, 6.07) is 11.2. The van der Waals surface area contributed by atoms with Crippen molar-refractivity contribution >= 4 is 11.6 Å². The van der Waals surface area contributed by atoms with Gasteiger partial charge in [-0.1, -0.05) is 12.1 Å². The lowest BCUT2D eigenvalue weighted by atomic mass is 10.1. The number of hydrogen-bond donors (Lipinski definition) is 1. The molecule has 2 heterocycles. The molecule has 3 rings (SSSR count). The lowest BCUT2D eigenvalue weighted by molar-refractivity contribution is -0.0248. The van der Waals surface area contributed by atoms with Crippen molar-refractivity contribution in [3.8, 4) is 5.75 Å². The van der Waals surface area contributed by atoms with Crippen molar-refractivity contribution in [2.75, 3.05) is 39.2 Å². The molecule has 0 spiro atoms. The second kappa shape index (κ2) is 7.53. The highest BCUT2D eigenvalue weighted by molar-refractivity contribution is 5.97. The van der Waals surface area contributed by atoms with Gasteiger partial charge in [0.2, 0.25) is 0 Å². The van der Waals surface area contributed by atoms with Crippen molar-refractivity contribution in [3.05, 3.63) is 53.3 Å². The van der Waals surface area contributed by atoms with Crippen LogP contribution in [0.5, 0.6) is 5.75 Å². The fraction of sp³-hybridized carbons (Fsp3) is 0.368. The van der Waals surface area contributed by atoms with E-state index in [2.05, 4.69) is 10.3 Å². The highest BCUT2D eigenvalue weighted by atomic mass is 16.5. The number of pyridine rings is 1. The molecule has 1 amide bonds. The van der Waals surface area contributed by atoms with Gasteiger partial charge in [0, 0.05) is 25.0 Å². The van der Waals surface area contributed by atoms with E-state index in [0.29, 0.717) is 31.0 Å². The van der Waals surface area contributed by atoms with Gasteiger partial charge in [-0.25, -0.2) is 0 Å². The number of rotatable bonds is 4. The Labute approximate surface area is 147 Å². The molecule has 1 aliphatic heterocycles. The molecule has 0 aliphatic carbocycles. The minimum atomic E-state index is -0.237. The van der Waals surface area contributed by atoms with E-state index in [1.807, 2.05) is 38.2 Å². The monoisotopic (exact) mass is 341 g/mol. The summed E-state index contributed by atoms with van der Waals surface area (Å²) in [4.78, 5) is 19.3. The van der Waals surface area contributed by atoms with Crippen LogP contribution in [0.2, 0.25) is 0 Å². The average Bonchev–Trinajstić information content (AvgIpc) is 2.67. The van der Waals surface area contributed by atoms with Crippen molar-refractivity contribution in [1.82, 2.24) is 9.88 Å². The number of para-hydroxylation sites is 1. The third-order valence-corrected chi connectivity index (χ3v) is 4.28. The molecule has 25 heavy (non-hydrogen) atoms. The summed E-state index contributed by atoms with van der Waals surface area (Å²) in [6.45, 7) is 3.45. The summed E-state index contributed by atoms with van der Waals surface area (Å²) in [6.07, 6.45) is -0.237. The average molecular weight is 341 g/mol. The third-order valence-electron chi connectivity index (χ3n) is 4.28. The molecule has 0 unspecified atom stereocenters. The Morgan fingerprint density at radius 2 is 2.16 bits per heavy atom. The van der Waals surface area contributed by atoms with Crippen molar-refractivity contribution in [2.24, 2.45) is 0 Å². The second-order valence-corrected chi connectivity index (χ2v) is 5.98. The Bertz CT molecular complexity index is 763.